The molecule has 8 heteroatoms. The van der Waals surface area contributed by atoms with Gasteiger partial charge in [-0.1, -0.05) is 28.1 Å². The van der Waals surface area contributed by atoms with E-state index in [-0.39, 0.29) is 18.5 Å². The fraction of sp³-hybridized carbons (Fsp3) is 0.462. The van der Waals surface area contributed by atoms with Crippen LogP contribution in [0.15, 0.2) is 24.3 Å². The molecule has 1 aromatic rings. The summed E-state index contributed by atoms with van der Waals surface area (Å²) in [6.45, 7) is -1.47. The number of rotatable bonds is 4. The van der Waals surface area contributed by atoms with Crippen LogP contribution in [0.1, 0.15) is 0 Å². The van der Waals surface area contributed by atoms with Crippen LogP contribution < -0.4 is 9.47 Å². The Kier molecular flexibility index (Phi) is 4.97. The topological polar surface area (TPSA) is 38.8 Å². The van der Waals surface area contributed by atoms with Crippen molar-refractivity contribution in [2.45, 2.75) is 12.3 Å². The van der Waals surface area contributed by atoms with E-state index in [1.165, 1.54) is 0 Å². The molecule has 0 saturated heterocycles. The highest BCUT2D eigenvalue weighted by Crippen LogP contribution is 2.31. The van der Waals surface area contributed by atoms with Gasteiger partial charge in [-0.2, -0.15) is 13.2 Å². The third kappa shape index (κ3) is 4.26. The Morgan fingerprint density at radius 1 is 1.33 bits per heavy atom. The van der Waals surface area contributed by atoms with Crippen LogP contribution in [0.25, 0.3) is 0 Å². The summed E-state index contributed by atoms with van der Waals surface area (Å²) in [6.07, 6.45) is -5.52. The van der Waals surface area contributed by atoms with Crippen molar-refractivity contribution in [1.82, 2.24) is 4.90 Å². The van der Waals surface area contributed by atoms with Crippen LogP contribution in [0.2, 0.25) is 0 Å². The molecule has 0 aromatic heterocycles. The number of halogens is 4. The zero-order chi connectivity index (χ0) is 15.5. The zero-order valence-corrected chi connectivity index (χ0v) is 12.5. The second-order valence-corrected chi connectivity index (χ2v) is 5.22. The molecule has 116 valence electrons. The number of fused-ring (bicyclic) bond motifs is 1. The van der Waals surface area contributed by atoms with E-state index < -0.39 is 24.7 Å². The highest BCUT2D eigenvalue weighted by Gasteiger charge is 2.37. The standard InChI is InChI=1S/C13H13BrF3NO3/c14-5-6-18(8-13(15,16)17)12(19)11-7-20-9-3-1-2-4-10(9)21-11/h1-4,11H,5-8H2. The maximum absolute atomic E-state index is 12.5. The lowest BCUT2D eigenvalue weighted by atomic mass is 10.2. The van der Waals surface area contributed by atoms with Crippen molar-refractivity contribution >= 4 is 21.8 Å². The van der Waals surface area contributed by atoms with Gasteiger partial charge in [-0.25, -0.2) is 0 Å². The molecule has 1 aromatic carbocycles. The lowest BCUT2D eigenvalue weighted by molar-refractivity contribution is -0.166. The number of alkyl halides is 4. The quantitative estimate of drug-likeness (QED) is 0.767. The molecule has 0 fully saturated rings. The molecule has 0 N–H and O–H groups in total. The molecular weight excluding hydrogens is 355 g/mol. The Balaban J connectivity index is 2.08. The highest BCUT2D eigenvalue weighted by atomic mass is 79.9. The molecule has 4 nitrogen and oxygen atoms in total. The first-order valence-corrected chi connectivity index (χ1v) is 7.33. The number of nitrogens with zero attached hydrogens (tertiary/aromatic N) is 1. The van der Waals surface area contributed by atoms with E-state index in [4.69, 9.17) is 9.47 Å². The van der Waals surface area contributed by atoms with Gasteiger partial charge in [0.05, 0.1) is 0 Å². The minimum Gasteiger partial charge on any atom is -0.485 e. The molecule has 2 rings (SSSR count). The average molecular weight is 368 g/mol. The van der Waals surface area contributed by atoms with Crippen molar-refractivity contribution < 1.29 is 27.4 Å². The van der Waals surface area contributed by atoms with Crippen molar-refractivity contribution in [2.24, 2.45) is 0 Å². The summed E-state index contributed by atoms with van der Waals surface area (Å²) in [5.41, 5.74) is 0. The fourth-order valence-electron chi connectivity index (χ4n) is 1.93. The summed E-state index contributed by atoms with van der Waals surface area (Å²) >= 11 is 3.04. The molecule has 1 aliphatic heterocycles. The minimum atomic E-state index is -4.45. The van der Waals surface area contributed by atoms with Gasteiger partial charge < -0.3 is 14.4 Å². The Bertz CT molecular complexity index is 510. The summed E-state index contributed by atoms with van der Waals surface area (Å²) in [5.74, 6) is 0.0959. The molecule has 0 saturated carbocycles. The summed E-state index contributed by atoms with van der Waals surface area (Å²) in [6, 6.07) is 6.71. The van der Waals surface area contributed by atoms with E-state index >= 15 is 0 Å². The van der Waals surface area contributed by atoms with Gasteiger partial charge in [-0.3, -0.25) is 4.79 Å². The van der Waals surface area contributed by atoms with Gasteiger partial charge >= 0.3 is 6.18 Å². The van der Waals surface area contributed by atoms with E-state index in [9.17, 15) is 18.0 Å². The molecule has 1 unspecified atom stereocenters. The highest BCUT2D eigenvalue weighted by molar-refractivity contribution is 9.09. The van der Waals surface area contributed by atoms with Crippen LogP contribution in [0.4, 0.5) is 13.2 Å². The Hall–Kier alpha value is -1.44. The maximum Gasteiger partial charge on any atom is 0.406 e. The van der Waals surface area contributed by atoms with Gasteiger partial charge in [0.25, 0.3) is 5.91 Å². The molecule has 1 atom stereocenters. The summed E-state index contributed by atoms with van der Waals surface area (Å²) in [4.78, 5) is 12.9. The van der Waals surface area contributed by atoms with E-state index in [1.54, 1.807) is 24.3 Å². The molecule has 0 bridgehead atoms. The van der Waals surface area contributed by atoms with Crippen LogP contribution in [0.3, 0.4) is 0 Å². The minimum absolute atomic E-state index is 0.0557. The number of hydrogen-bond acceptors (Lipinski definition) is 3. The normalized spacial score (nSPS) is 17.4. The van der Waals surface area contributed by atoms with Gasteiger partial charge in [0.2, 0.25) is 6.10 Å². The predicted molar refractivity (Wildman–Crippen MR) is 72.8 cm³/mol. The van der Waals surface area contributed by atoms with Crippen LogP contribution in [-0.4, -0.2) is 48.1 Å². The Morgan fingerprint density at radius 2 is 2.00 bits per heavy atom. The van der Waals surface area contributed by atoms with Crippen LogP contribution in [0.5, 0.6) is 11.5 Å². The average Bonchev–Trinajstić information content (AvgIpc) is 2.44. The van der Waals surface area contributed by atoms with Crippen LogP contribution >= 0.6 is 15.9 Å². The number of amides is 1. The number of benzene rings is 1. The largest absolute Gasteiger partial charge is 0.485 e. The van der Waals surface area contributed by atoms with E-state index in [0.717, 1.165) is 4.90 Å². The number of para-hydroxylation sites is 2. The molecule has 1 amide bonds. The van der Waals surface area contributed by atoms with E-state index in [0.29, 0.717) is 11.5 Å². The van der Waals surface area contributed by atoms with Crippen molar-refractivity contribution in [3.63, 3.8) is 0 Å². The SMILES string of the molecule is O=C(C1COc2ccccc2O1)N(CCBr)CC(F)(F)F. The number of carbonyl (C=O) groups is 1. The van der Waals surface area contributed by atoms with Gasteiger partial charge in [0.1, 0.15) is 13.2 Å². The predicted octanol–water partition coefficient (Wildman–Crippen LogP) is 2.61. The lowest BCUT2D eigenvalue weighted by Crippen LogP contribution is -2.49. The van der Waals surface area contributed by atoms with Crippen molar-refractivity contribution in [2.75, 3.05) is 25.0 Å². The second kappa shape index (κ2) is 6.55. The summed E-state index contributed by atoms with van der Waals surface area (Å²) in [5, 5.41) is 0.249. The molecule has 0 aliphatic carbocycles. The first-order valence-electron chi connectivity index (χ1n) is 6.20. The lowest BCUT2D eigenvalue weighted by Gasteiger charge is -2.30. The maximum atomic E-state index is 12.5. The van der Waals surface area contributed by atoms with Crippen molar-refractivity contribution in [3.05, 3.63) is 24.3 Å². The molecule has 21 heavy (non-hydrogen) atoms. The van der Waals surface area contributed by atoms with Crippen LogP contribution in [0, 0.1) is 0 Å². The van der Waals surface area contributed by atoms with Gasteiger partial charge in [0, 0.05) is 11.9 Å². The molecule has 1 aliphatic rings. The summed E-state index contributed by atoms with van der Waals surface area (Å²) in [7, 11) is 0. The first-order chi connectivity index (χ1) is 9.90. The van der Waals surface area contributed by atoms with Crippen molar-refractivity contribution in [1.29, 1.82) is 0 Å². The van der Waals surface area contributed by atoms with Gasteiger partial charge in [0.15, 0.2) is 11.5 Å². The number of carbonyl (C=O) groups excluding carboxylic acids is 1. The number of ether oxygens (including phenoxy) is 2. The third-order valence-corrected chi connectivity index (χ3v) is 3.17. The summed E-state index contributed by atoms with van der Waals surface area (Å²) < 4.78 is 48.3. The number of hydrogen-bond donors (Lipinski definition) is 0. The monoisotopic (exact) mass is 367 g/mol. The molecular formula is C13H13BrF3NO3. The van der Waals surface area contributed by atoms with E-state index in [1.807, 2.05) is 0 Å². The van der Waals surface area contributed by atoms with E-state index in [2.05, 4.69) is 15.9 Å². The van der Waals surface area contributed by atoms with Gasteiger partial charge in [-0.15, -0.1) is 0 Å². The zero-order valence-electron chi connectivity index (χ0n) is 10.9. The second-order valence-electron chi connectivity index (χ2n) is 4.43. The molecule has 0 spiro atoms. The third-order valence-electron chi connectivity index (χ3n) is 2.82. The Labute approximate surface area is 127 Å². The Morgan fingerprint density at radius 3 is 2.62 bits per heavy atom. The van der Waals surface area contributed by atoms with Crippen LogP contribution in [-0.2, 0) is 4.79 Å². The van der Waals surface area contributed by atoms with Gasteiger partial charge in [-0.05, 0) is 12.1 Å². The molecule has 0 radical (unpaired) electrons. The smallest absolute Gasteiger partial charge is 0.406 e. The molecule has 1 heterocycles. The fourth-order valence-corrected chi connectivity index (χ4v) is 2.36. The first kappa shape index (κ1) is 15.9. The van der Waals surface area contributed by atoms with Crippen molar-refractivity contribution in [3.8, 4) is 11.5 Å².